The highest BCUT2D eigenvalue weighted by atomic mass is 32.2. The fraction of sp³-hybridized carbons (Fsp3) is 0.382. The maximum Gasteiger partial charge on any atom is 0.315 e. The molecule has 3 N–H and O–H groups in total. The number of amides is 3. The Morgan fingerprint density at radius 3 is 2.57 bits per heavy atom. The number of methoxy groups -OCH3 is 1. The van der Waals surface area contributed by atoms with E-state index in [0.29, 0.717) is 24.8 Å². The minimum atomic E-state index is -0.0504. The molecule has 0 bridgehead atoms. The number of rotatable bonds is 14. The van der Waals surface area contributed by atoms with Gasteiger partial charge in [-0.1, -0.05) is 55.0 Å². The third-order valence-electron chi connectivity index (χ3n) is 8.45. The van der Waals surface area contributed by atoms with Crippen LogP contribution in [0.4, 0.5) is 10.6 Å². The molecule has 0 unspecified atom stereocenters. The van der Waals surface area contributed by atoms with Gasteiger partial charge in [-0.05, 0) is 71.8 Å². The van der Waals surface area contributed by atoms with E-state index in [1.165, 1.54) is 16.2 Å². The fourth-order valence-electron chi connectivity index (χ4n) is 6.01. The molecule has 10 heteroatoms. The summed E-state index contributed by atoms with van der Waals surface area (Å²) in [4.78, 5) is 27.2. The van der Waals surface area contributed by atoms with Crippen LogP contribution in [0.25, 0.3) is 21.2 Å². The van der Waals surface area contributed by atoms with Gasteiger partial charge in [0.1, 0.15) is 11.6 Å². The van der Waals surface area contributed by atoms with E-state index in [-0.39, 0.29) is 24.0 Å². The number of carbonyl (C=O) groups is 2. The zero-order valence-corrected chi connectivity index (χ0v) is 26.6. The minimum absolute atomic E-state index is 0.0504. The van der Waals surface area contributed by atoms with E-state index in [1.807, 2.05) is 40.9 Å². The van der Waals surface area contributed by atoms with E-state index in [1.54, 1.807) is 7.11 Å². The maximum absolute atomic E-state index is 13.5. The molecule has 3 atom stereocenters. The molecule has 2 aliphatic rings. The Balaban J connectivity index is 1.04. The summed E-state index contributed by atoms with van der Waals surface area (Å²) in [5.74, 6) is 2.91. The lowest BCUT2D eigenvalue weighted by atomic mass is 10.0. The molecular formula is C34H39N5O3S2. The number of unbranched alkanes of at least 4 members (excludes halogenated alkanes) is 1. The second kappa shape index (κ2) is 14.3. The first-order valence-electron chi connectivity index (χ1n) is 15.4. The monoisotopic (exact) mass is 629 g/mol. The van der Waals surface area contributed by atoms with E-state index >= 15 is 0 Å². The van der Waals surface area contributed by atoms with Crippen molar-refractivity contribution in [1.29, 1.82) is 0 Å². The number of nitrogens with zero attached hydrogens (tertiary/aromatic N) is 2. The Kier molecular flexibility index (Phi) is 9.87. The summed E-state index contributed by atoms with van der Waals surface area (Å²) in [5.41, 5.74) is 3.38. The zero-order chi connectivity index (χ0) is 30.3. The number of anilines is 1. The Bertz CT molecular complexity index is 1560. The number of hydrogen-bond acceptors (Lipinski definition) is 7. The summed E-state index contributed by atoms with van der Waals surface area (Å²) in [6, 6.07) is 25.2. The first kappa shape index (κ1) is 30.3. The number of nitrogens with one attached hydrogen (secondary N) is 3. The van der Waals surface area contributed by atoms with Crippen LogP contribution in [0.15, 0.2) is 72.8 Å². The third kappa shape index (κ3) is 7.30. The second-order valence-corrected chi connectivity index (χ2v) is 13.5. The molecule has 230 valence electrons. The average Bonchev–Trinajstić information content (AvgIpc) is 3.75. The average molecular weight is 630 g/mol. The summed E-state index contributed by atoms with van der Waals surface area (Å²) in [6.07, 6.45) is 4.20. The predicted molar refractivity (Wildman–Crippen MR) is 181 cm³/mol. The highest BCUT2D eigenvalue weighted by Gasteiger charge is 2.42. The van der Waals surface area contributed by atoms with Gasteiger partial charge in [-0.25, -0.2) is 4.79 Å². The molecule has 6 rings (SSSR count). The first-order chi connectivity index (χ1) is 21.6. The van der Waals surface area contributed by atoms with Gasteiger partial charge >= 0.3 is 6.03 Å². The van der Waals surface area contributed by atoms with Crippen LogP contribution in [0.3, 0.4) is 0 Å². The molecule has 0 aliphatic carbocycles. The fourth-order valence-corrected chi connectivity index (χ4v) is 8.31. The van der Waals surface area contributed by atoms with Gasteiger partial charge < -0.3 is 25.6 Å². The molecule has 0 spiro atoms. The third-order valence-corrected chi connectivity index (χ3v) is 10.8. The highest BCUT2D eigenvalue weighted by Crippen LogP contribution is 2.33. The topological polar surface area (TPSA) is 95.6 Å². The number of urea groups is 1. The summed E-state index contributed by atoms with van der Waals surface area (Å²) >= 11 is 3.43. The number of thioether (sulfide) groups is 1. The molecule has 3 heterocycles. The SMILES string of the molecule is COc1ccc(-c2ccc(CN(CCCNc3nsc4ccccc34)C(=O)CCCC[C@H]3SC[C@H]4NC(=O)N[C@H]43)cc2)cc1. The predicted octanol–water partition coefficient (Wildman–Crippen LogP) is 6.53. The first-order valence-corrected chi connectivity index (χ1v) is 17.2. The van der Waals surface area contributed by atoms with Gasteiger partial charge in [0, 0.05) is 42.4 Å². The van der Waals surface area contributed by atoms with E-state index < -0.39 is 0 Å². The molecule has 1 aromatic heterocycles. The smallest absolute Gasteiger partial charge is 0.315 e. The normalized spacial score (nSPS) is 18.9. The van der Waals surface area contributed by atoms with Crippen molar-refractivity contribution in [1.82, 2.24) is 19.9 Å². The standard InChI is InChI=1S/C34H39N5O3S2/c1-42-26-17-15-25(16-18-26)24-13-11-23(12-14-24)21-39(20-6-19-35-33-27-7-2-3-8-29(27)44-38-33)31(40)10-5-4-9-30-32-28(22-43-30)36-34(41)37-32/h2-3,7-8,11-18,28,30,32H,4-6,9-10,19-22H2,1H3,(H,35,38)(H2,36,37,41)/t28-,30-,32-/m1/s1. The van der Waals surface area contributed by atoms with Crippen LogP contribution in [0.2, 0.25) is 0 Å². The zero-order valence-electron chi connectivity index (χ0n) is 25.0. The Morgan fingerprint density at radius 2 is 1.77 bits per heavy atom. The van der Waals surface area contributed by atoms with Gasteiger partial charge in [0.2, 0.25) is 5.91 Å². The molecular weight excluding hydrogens is 591 g/mol. The number of ether oxygens (including phenoxy) is 1. The maximum atomic E-state index is 13.5. The van der Waals surface area contributed by atoms with Gasteiger partial charge in [0.15, 0.2) is 0 Å². The number of fused-ring (bicyclic) bond motifs is 2. The lowest BCUT2D eigenvalue weighted by Crippen LogP contribution is -2.36. The van der Waals surface area contributed by atoms with Crippen molar-refractivity contribution in [3.8, 4) is 16.9 Å². The lowest BCUT2D eigenvalue weighted by Gasteiger charge is -2.24. The summed E-state index contributed by atoms with van der Waals surface area (Å²) in [6.45, 7) is 2.00. The molecule has 0 saturated carbocycles. The van der Waals surface area contributed by atoms with E-state index in [4.69, 9.17) is 4.74 Å². The Labute approximate surface area is 267 Å². The van der Waals surface area contributed by atoms with Crippen molar-refractivity contribution in [2.24, 2.45) is 0 Å². The van der Waals surface area contributed by atoms with Gasteiger partial charge in [-0.3, -0.25) is 4.79 Å². The van der Waals surface area contributed by atoms with Crippen molar-refractivity contribution in [2.45, 2.75) is 56.0 Å². The Hall–Kier alpha value is -3.76. The highest BCUT2D eigenvalue weighted by molar-refractivity contribution is 8.00. The number of carbonyl (C=O) groups excluding carboxylic acids is 2. The van der Waals surface area contributed by atoms with E-state index in [2.05, 4.69) is 68.9 Å². The van der Waals surface area contributed by atoms with Crippen LogP contribution >= 0.6 is 23.3 Å². The molecule has 8 nitrogen and oxygen atoms in total. The van der Waals surface area contributed by atoms with E-state index in [9.17, 15) is 9.59 Å². The Morgan fingerprint density at radius 1 is 1.00 bits per heavy atom. The minimum Gasteiger partial charge on any atom is -0.497 e. The van der Waals surface area contributed by atoms with Crippen LogP contribution in [0.5, 0.6) is 5.75 Å². The molecule has 0 radical (unpaired) electrons. The van der Waals surface area contributed by atoms with Gasteiger partial charge in [0.05, 0.1) is 23.9 Å². The molecule has 3 amide bonds. The second-order valence-electron chi connectivity index (χ2n) is 11.4. The number of aromatic nitrogens is 1. The van der Waals surface area contributed by atoms with Crippen molar-refractivity contribution < 1.29 is 14.3 Å². The lowest BCUT2D eigenvalue weighted by molar-refractivity contribution is -0.132. The van der Waals surface area contributed by atoms with E-state index in [0.717, 1.165) is 71.6 Å². The quantitative estimate of drug-likeness (QED) is 0.109. The molecule has 3 aromatic carbocycles. The molecule has 44 heavy (non-hydrogen) atoms. The molecule has 2 aliphatic heterocycles. The summed E-state index contributed by atoms with van der Waals surface area (Å²) < 4.78 is 11.0. The van der Waals surface area contributed by atoms with Crippen LogP contribution in [-0.2, 0) is 11.3 Å². The van der Waals surface area contributed by atoms with Gasteiger partial charge in [0.25, 0.3) is 0 Å². The van der Waals surface area contributed by atoms with Gasteiger partial charge in [-0.15, -0.1) is 0 Å². The van der Waals surface area contributed by atoms with Crippen LogP contribution in [-0.4, -0.2) is 64.5 Å². The number of benzene rings is 3. The molecule has 2 fully saturated rings. The number of hydrogen-bond donors (Lipinski definition) is 3. The van der Waals surface area contributed by atoms with Crippen molar-refractivity contribution in [2.75, 3.05) is 31.3 Å². The van der Waals surface area contributed by atoms with Crippen LogP contribution < -0.4 is 20.7 Å². The summed E-state index contributed by atoms with van der Waals surface area (Å²) in [7, 11) is 1.67. The van der Waals surface area contributed by atoms with Crippen molar-refractivity contribution in [3.05, 3.63) is 78.4 Å². The largest absolute Gasteiger partial charge is 0.497 e. The van der Waals surface area contributed by atoms with Crippen LogP contribution in [0.1, 0.15) is 37.7 Å². The van der Waals surface area contributed by atoms with Crippen molar-refractivity contribution >= 4 is 51.1 Å². The summed E-state index contributed by atoms with van der Waals surface area (Å²) in [5, 5.41) is 11.1. The molecule has 4 aromatic rings. The van der Waals surface area contributed by atoms with Crippen LogP contribution in [0, 0.1) is 0 Å². The van der Waals surface area contributed by atoms with Crippen molar-refractivity contribution in [3.63, 3.8) is 0 Å². The molecule has 2 saturated heterocycles. The van der Waals surface area contributed by atoms with Gasteiger partial charge in [-0.2, -0.15) is 16.1 Å².